The van der Waals surface area contributed by atoms with Gasteiger partial charge in [0.25, 0.3) is 0 Å². The molecule has 0 amide bonds. The Morgan fingerprint density at radius 3 is 2.88 bits per heavy atom. The lowest BCUT2D eigenvalue weighted by Gasteiger charge is -2.25. The molecule has 0 bridgehead atoms. The Morgan fingerprint density at radius 1 is 1.53 bits per heavy atom. The molecular formula is C11H12FNO4. The van der Waals surface area contributed by atoms with E-state index in [0.717, 1.165) is 12.1 Å². The van der Waals surface area contributed by atoms with Crippen molar-refractivity contribution in [2.45, 2.75) is 6.04 Å². The molecule has 0 radical (unpaired) electrons. The van der Waals surface area contributed by atoms with Crippen LogP contribution in [0.5, 0.6) is 5.75 Å². The molecule has 6 heteroatoms. The molecule has 0 aromatic heterocycles. The Labute approximate surface area is 96.8 Å². The molecule has 1 aliphatic heterocycles. The first-order chi connectivity index (χ1) is 8.09. The second kappa shape index (κ2) is 4.68. The van der Waals surface area contributed by atoms with Gasteiger partial charge in [0.1, 0.15) is 17.1 Å². The zero-order valence-corrected chi connectivity index (χ0v) is 8.94. The topological polar surface area (TPSA) is 78.8 Å². The van der Waals surface area contributed by atoms with Crippen LogP contribution in [0.3, 0.4) is 0 Å². The average Bonchev–Trinajstić information content (AvgIpc) is 2.32. The summed E-state index contributed by atoms with van der Waals surface area (Å²) in [5, 5.41) is 21.7. The maximum absolute atomic E-state index is 13.3. The number of ether oxygens (including phenoxy) is 1. The van der Waals surface area contributed by atoms with Crippen molar-refractivity contribution >= 4 is 5.97 Å². The van der Waals surface area contributed by atoms with Gasteiger partial charge in [-0.2, -0.15) is 0 Å². The molecule has 17 heavy (non-hydrogen) atoms. The summed E-state index contributed by atoms with van der Waals surface area (Å²) >= 11 is 0. The molecule has 1 atom stereocenters. The molecule has 0 spiro atoms. The van der Waals surface area contributed by atoms with Crippen LogP contribution in [0.4, 0.5) is 4.39 Å². The first-order valence-corrected chi connectivity index (χ1v) is 5.16. The zero-order chi connectivity index (χ0) is 12.4. The number of rotatable bonds is 2. The lowest BCUT2D eigenvalue weighted by Crippen LogP contribution is -2.34. The number of halogens is 1. The summed E-state index contributed by atoms with van der Waals surface area (Å²) in [6.07, 6.45) is 0. The molecule has 3 N–H and O–H groups in total. The molecule has 92 valence electrons. The summed E-state index contributed by atoms with van der Waals surface area (Å²) in [7, 11) is 0. The van der Waals surface area contributed by atoms with Gasteiger partial charge in [-0.15, -0.1) is 0 Å². The maximum atomic E-state index is 13.3. The normalized spacial score (nSPS) is 20.2. The lowest BCUT2D eigenvalue weighted by molar-refractivity contribution is 0.0686. The number of aromatic carboxylic acids is 1. The Bertz CT molecular complexity index is 443. The smallest absolute Gasteiger partial charge is 0.339 e. The molecule has 1 saturated heterocycles. The van der Waals surface area contributed by atoms with Crippen LogP contribution >= 0.6 is 0 Å². The number of morpholine rings is 1. The van der Waals surface area contributed by atoms with E-state index in [1.165, 1.54) is 0 Å². The quantitative estimate of drug-likeness (QED) is 0.716. The number of hydrogen-bond acceptors (Lipinski definition) is 4. The molecule has 5 nitrogen and oxygen atoms in total. The van der Waals surface area contributed by atoms with Gasteiger partial charge in [-0.25, -0.2) is 9.18 Å². The minimum atomic E-state index is -1.36. The van der Waals surface area contributed by atoms with E-state index < -0.39 is 29.1 Å². The van der Waals surface area contributed by atoms with Crippen LogP contribution in [0.15, 0.2) is 12.1 Å². The minimum Gasteiger partial charge on any atom is -0.507 e. The van der Waals surface area contributed by atoms with Gasteiger partial charge in [0, 0.05) is 12.1 Å². The monoisotopic (exact) mass is 241 g/mol. The Balaban J connectivity index is 2.41. The lowest BCUT2D eigenvalue weighted by atomic mass is 10.0. The van der Waals surface area contributed by atoms with E-state index in [1.807, 2.05) is 0 Å². The fraction of sp³-hybridized carbons (Fsp3) is 0.364. The first kappa shape index (κ1) is 11.8. The van der Waals surface area contributed by atoms with Crippen LogP contribution in [0.25, 0.3) is 0 Å². The van der Waals surface area contributed by atoms with Crippen LogP contribution < -0.4 is 5.32 Å². The molecule has 0 aliphatic carbocycles. The van der Waals surface area contributed by atoms with E-state index in [9.17, 15) is 14.3 Å². The average molecular weight is 241 g/mol. The first-order valence-electron chi connectivity index (χ1n) is 5.16. The minimum absolute atomic E-state index is 0.210. The Kier molecular flexibility index (Phi) is 3.26. The van der Waals surface area contributed by atoms with E-state index in [-0.39, 0.29) is 12.2 Å². The molecule has 1 fully saturated rings. The predicted molar refractivity (Wildman–Crippen MR) is 56.6 cm³/mol. The zero-order valence-electron chi connectivity index (χ0n) is 8.94. The highest BCUT2D eigenvalue weighted by Gasteiger charge is 2.23. The summed E-state index contributed by atoms with van der Waals surface area (Å²) in [5.41, 5.74) is -0.227. The third-order valence-electron chi connectivity index (χ3n) is 2.63. The van der Waals surface area contributed by atoms with Gasteiger partial charge < -0.3 is 20.3 Å². The maximum Gasteiger partial charge on any atom is 0.339 e. The number of benzene rings is 1. The van der Waals surface area contributed by atoms with E-state index in [0.29, 0.717) is 13.2 Å². The number of carboxylic acid groups (broad SMARTS) is 1. The molecule has 0 unspecified atom stereocenters. The summed E-state index contributed by atoms with van der Waals surface area (Å²) in [6, 6.07) is 1.52. The van der Waals surface area contributed by atoms with Crippen LogP contribution in [-0.2, 0) is 4.74 Å². The van der Waals surface area contributed by atoms with E-state index >= 15 is 0 Å². The molecule has 1 aliphatic rings. The molecular weight excluding hydrogens is 229 g/mol. The van der Waals surface area contributed by atoms with Gasteiger partial charge >= 0.3 is 5.97 Å². The second-order valence-electron chi connectivity index (χ2n) is 3.78. The highest BCUT2D eigenvalue weighted by molar-refractivity contribution is 5.91. The summed E-state index contributed by atoms with van der Waals surface area (Å²) in [4.78, 5) is 10.8. The third kappa shape index (κ3) is 2.37. The van der Waals surface area contributed by atoms with E-state index in [1.54, 1.807) is 0 Å². The predicted octanol–water partition coefficient (Wildman–Crippen LogP) is 0.890. The van der Waals surface area contributed by atoms with Gasteiger partial charge in [0.05, 0.1) is 19.3 Å². The molecule has 0 saturated carbocycles. The summed E-state index contributed by atoms with van der Waals surface area (Å²) in [5.74, 6) is -2.47. The number of carboxylic acids is 1. The highest BCUT2D eigenvalue weighted by atomic mass is 19.1. The van der Waals surface area contributed by atoms with Crippen LogP contribution in [-0.4, -0.2) is 35.9 Å². The van der Waals surface area contributed by atoms with Crippen molar-refractivity contribution in [1.82, 2.24) is 5.32 Å². The summed E-state index contributed by atoms with van der Waals surface area (Å²) in [6.45, 7) is 1.39. The van der Waals surface area contributed by atoms with Gasteiger partial charge in [0.2, 0.25) is 0 Å². The fourth-order valence-corrected chi connectivity index (χ4v) is 1.81. The van der Waals surface area contributed by atoms with Crippen molar-refractivity contribution in [2.24, 2.45) is 0 Å². The van der Waals surface area contributed by atoms with Crippen LogP contribution in [0.1, 0.15) is 22.0 Å². The van der Waals surface area contributed by atoms with Gasteiger partial charge in [-0.05, 0) is 12.1 Å². The van der Waals surface area contributed by atoms with Crippen molar-refractivity contribution in [1.29, 1.82) is 0 Å². The third-order valence-corrected chi connectivity index (χ3v) is 2.63. The van der Waals surface area contributed by atoms with Gasteiger partial charge in [-0.1, -0.05) is 0 Å². The van der Waals surface area contributed by atoms with Crippen molar-refractivity contribution in [3.8, 4) is 5.75 Å². The van der Waals surface area contributed by atoms with Gasteiger partial charge in [0.15, 0.2) is 0 Å². The standard InChI is InChI=1S/C11H12FNO4/c12-6-3-7(9-5-17-2-1-13-9)10(14)8(4-6)11(15)16/h3-4,9,13-14H,1-2,5H2,(H,15,16)/t9-/m1/s1. The molecule has 1 aromatic carbocycles. The van der Waals surface area contributed by atoms with E-state index in [2.05, 4.69) is 5.32 Å². The molecule has 1 heterocycles. The summed E-state index contributed by atoms with van der Waals surface area (Å²) < 4.78 is 18.5. The van der Waals surface area contributed by atoms with Gasteiger partial charge in [-0.3, -0.25) is 0 Å². The number of nitrogens with one attached hydrogen (secondary N) is 1. The fourth-order valence-electron chi connectivity index (χ4n) is 1.81. The number of hydrogen-bond donors (Lipinski definition) is 3. The number of phenols is 1. The Hall–Kier alpha value is -1.66. The largest absolute Gasteiger partial charge is 0.507 e. The van der Waals surface area contributed by atoms with Crippen LogP contribution in [0, 0.1) is 5.82 Å². The molecule has 2 rings (SSSR count). The number of carbonyl (C=O) groups is 1. The van der Waals surface area contributed by atoms with Crippen molar-refractivity contribution in [3.63, 3.8) is 0 Å². The molecule has 1 aromatic rings. The van der Waals surface area contributed by atoms with Crippen LogP contribution in [0.2, 0.25) is 0 Å². The SMILES string of the molecule is O=C(O)c1cc(F)cc([C@H]2COCCN2)c1O. The number of aromatic hydroxyl groups is 1. The Morgan fingerprint density at radius 2 is 2.29 bits per heavy atom. The highest BCUT2D eigenvalue weighted by Crippen LogP contribution is 2.30. The van der Waals surface area contributed by atoms with Crippen molar-refractivity contribution < 1.29 is 24.1 Å². The van der Waals surface area contributed by atoms with E-state index in [4.69, 9.17) is 9.84 Å². The van der Waals surface area contributed by atoms with Crippen molar-refractivity contribution in [3.05, 3.63) is 29.1 Å². The van der Waals surface area contributed by atoms with Crippen molar-refractivity contribution in [2.75, 3.05) is 19.8 Å². The second-order valence-corrected chi connectivity index (χ2v) is 3.78.